The fourth-order valence-electron chi connectivity index (χ4n) is 7.69. The zero-order chi connectivity index (χ0) is 21.3. The maximum absolute atomic E-state index is 6.11. The molecule has 0 N–H and O–H groups in total. The van der Waals surface area contributed by atoms with Gasteiger partial charge in [0.15, 0.2) is 0 Å². The minimum atomic E-state index is -0.826. The molecule has 1 aromatic heterocycles. The van der Waals surface area contributed by atoms with Crippen LogP contribution in [-0.4, -0.2) is 0 Å². The van der Waals surface area contributed by atoms with E-state index in [0.717, 1.165) is 59.0 Å². The summed E-state index contributed by atoms with van der Waals surface area (Å²) in [6, 6.07) is 4.44. The van der Waals surface area contributed by atoms with Crippen LogP contribution in [0.1, 0.15) is 84.2 Å². The molecule has 3 aliphatic carbocycles. The summed E-state index contributed by atoms with van der Waals surface area (Å²) >= 11 is -0.826. The van der Waals surface area contributed by atoms with Crippen LogP contribution in [0.3, 0.4) is 0 Å². The Balaban J connectivity index is 0.000000910. The van der Waals surface area contributed by atoms with Crippen molar-refractivity contribution >= 4 is 17.0 Å². The molecular formula is C27H46Cl2OZr. The Morgan fingerprint density at radius 2 is 1.52 bits per heavy atom. The number of hydrogen-bond acceptors (Lipinski definition) is 1. The van der Waals surface area contributed by atoms with Crippen LogP contribution in [0.25, 0.3) is 0 Å². The van der Waals surface area contributed by atoms with Gasteiger partial charge in [-0.15, -0.1) is 0 Å². The molecular weight excluding hydrogens is 502 g/mol. The summed E-state index contributed by atoms with van der Waals surface area (Å²) in [5, 5.41) is 0. The molecule has 1 aromatic rings. The summed E-state index contributed by atoms with van der Waals surface area (Å²) < 4.78 is 6.11. The van der Waals surface area contributed by atoms with E-state index in [2.05, 4.69) is 53.7 Å². The average Bonchev–Trinajstić information content (AvgIpc) is 3.32. The SMILES string of the molecule is Cc1ccc(C2CCCC3C(CC4C(C)C(C)C(C)C4C)CC(C)C23)o1.[CH3-].[CH3-].[Cl][Zr+2][Cl]. The van der Waals surface area contributed by atoms with E-state index in [1.807, 2.05) is 0 Å². The Kier molecular flexibility index (Phi) is 12.5. The number of fused-ring (bicyclic) bond motifs is 1. The molecule has 0 aliphatic heterocycles. The topological polar surface area (TPSA) is 13.1 Å². The van der Waals surface area contributed by atoms with Crippen molar-refractivity contribution in [3.63, 3.8) is 0 Å². The molecule has 1 nitrogen and oxygen atoms in total. The predicted molar refractivity (Wildman–Crippen MR) is 134 cm³/mol. The first-order valence-corrected chi connectivity index (χ1v) is 18.2. The second kappa shape index (κ2) is 13.0. The molecule has 0 aromatic carbocycles. The number of aryl methyl sites for hydroxylation is 1. The van der Waals surface area contributed by atoms with Gasteiger partial charge in [-0.25, -0.2) is 0 Å². The first-order valence-electron chi connectivity index (χ1n) is 11.8. The monoisotopic (exact) mass is 546 g/mol. The van der Waals surface area contributed by atoms with E-state index in [0.29, 0.717) is 5.92 Å². The molecule has 0 radical (unpaired) electrons. The molecule has 178 valence electrons. The fraction of sp³-hybridized carbons (Fsp3) is 0.778. The van der Waals surface area contributed by atoms with Gasteiger partial charge >= 0.3 is 37.9 Å². The summed E-state index contributed by atoms with van der Waals surface area (Å²) in [5.74, 6) is 11.2. The van der Waals surface area contributed by atoms with Crippen molar-refractivity contribution in [1.82, 2.24) is 0 Å². The molecule has 0 saturated heterocycles. The molecule has 1 heterocycles. The van der Waals surface area contributed by atoms with E-state index in [4.69, 9.17) is 21.4 Å². The maximum atomic E-state index is 6.11. The summed E-state index contributed by atoms with van der Waals surface area (Å²) in [6.45, 7) is 14.7. The standard InChI is InChI=1S/C25H40O.2CH3.2ClH.Zr/c1-14-12-20(13-23-18(5)16(3)17(4)19(23)6)21-8-7-9-22(25(14)21)24-11-10-15(2)26-24;;;;;/h10-11,14,16-23,25H,7-9,12-13H2,1-6H3;2*1H3;2*1H;/q;2*-1;;;+4/p-2. The van der Waals surface area contributed by atoms with Gasteiger partial charge in [0.1, 0.15) is 11.5 Å². The molecule has 4 rings (SSSR count). The third-order valence-corrected chi connectivity index (χ3v) is 9.49. The van der Waals surface area contributed by atoms with Crippen LogP contribution in [-0.2, 0) is 20.8 Å². The van der Waals surface area contributed by atoms with E-state index in [1.54, 1.807) is 0 Å². The average molecular weight is 549 g/mol. The molecule has 31 heavy (non-hydrogen) atoms. The normalized spacial score (nSPS) is 41.2. The number of furan rings is 1. The zero-order valence-electron chi connectivity index (χ0n) is 21.1. The van der Waals surface area contributed by atoms with Crippen LogP contribution >= 0.6 is 17.0 Å². The molecule has 0 bridgehead atoms. The van der Waals surface area contributed by atoms with Crippen molar-refractivity contribution < 1.29 is 25.3 Å². The van der Waals surface area contributed by atoms with E-state index in [-0.39, 0.29) is 14.9 Å². The minimum absolute atomic E-state index is 0. The van der Waals surface area contributed by atoms with Crippen molar-refractivity contribution in [2.75, 3.05) is 0 Å². The zero-order valence-corrected chi connectivity index (χ0v) is 25.1. The first kappa shape index (κ1) is 29.8. The van der Waals surface area contributed by atoms with Gasteiger partial charge in [-0.3, -0.25) is 0 Å². The van der Waals surface area contributed by atoms with E-state index in [1.165, 1.54) is 37.9 Å². The van der Waals surface area contributed by atoms with Gasteiger partial charge in [0, 0.05) is 5.92 Å². The van der Waals surface area contributed by atoms with Gasteiger partial charge in [-0.05, 0) is 98.0 Å². The quantitative estimate of drug-likeness (QED) is 0.343. The second-order valence-electron chi connectivity index (χ2n) is 10.6. The Morgan fingerprint density at radius 1 is 0.935 bits per heavy atom. The van der Waals surface area contributed by atoms with Crippen molar-refractivity contribution in [2.24, 2.45) is 53.3 Å². The van der Waals surface area contributed by atoms with Crippen LogP contribution in [0.15, 0.2) is 16.5 Å². The third-order valence-electron chi connectivity index (χ3n) is 9.49. The van der Waals surface area contributed by atoms with Gasteiger partial charge in [0.05, 0.1) is 0 Å². The van der Waals surface area contributed by atoms with Crippen molar-refractivity contribution in [2.45, 2.75) is 79.6 Å². The van der Waals surface area contributed by atoms with Crippen LogP contribution in [0.2, 0.25) is 0 Å². The Morgan fingerprint density at radius 3 is 2.03 bits per heavy atom. The molecule has 9 unspecified atom stereocenters. The predicted octanol–water partition coefficient (Wildman–Crippen LogP) is 9.59. The van der Waals surface area contributed by atoms with Crippen molar-refractivity contribution in [1.29, 1.82) is 0 Å². The van der Waals surface area contributed by atoms with Gasteiger partial charge in [-0.2, -0.15) is 0 Å². The van der Waals surface area contributed by atoms with Crippen LogP contribution in [0.4, 0.5) is 0 Å². The van der Waals surface area contributed by atoms with Crippen LogP contribution < -0.4 is 0 Å². The number of rotatable bonds is 3. The van der Waals surface area contributed by atoms with Gasteiger partial charge < -0.3 is 19.3 Å². The fourth-order valence-corrected chi connectivity index (χ4v) is 7.69. The van der Waals surface area contributed by atoms with Crippen molar-refractivity contribution in [3.8, 4) is 0 Å². The Labute approximate surface area is 212 Å². The summed E-state index contributed by atoms with van der Waals surface area (Å²) in [5.41, 5.74) is 0. The van der Waals surface area contributed by atoms with Crippen LogP contribution in [0, 0.1) is 75.0 Å². The first-order chi connectivity index (χ1) is 13.8. The summed E-state index contributed by atoms with van der Waals surface area (Å²) in [4.78, 5) is 0. The van der Waals surface area contributed by atoms with Crippen LogP contribution in [0.5, 0.6) is 0 Å². The van der Waals surface area contributed by atoms with E-state index in [9.17, 15) is 0 Å². The summed E-state index contributed by atoms with van der Waals surface area (Å²) in [7, 11) is 9.87. The Bertz CT molecular complexity index is 633. The molecule has 3 fully saturated rings. The van der Waals surface area contributed by atoms with E-state index >= 15 is 0 Å². The molecule has 0 spiro atoms. The molecule has 4 heteroatoms. The number of hydrogen-bond donors (Lipinski definition) is 0. The van der Waals surface area contributed by atoms with Crippen molar-refractivity contribution in [3.05, 3.63) is 38.5 Å². The van der Waals surface area contributed by atoms with Gasteiger partial charge in [0.25, 0.3) is 0 Å². The summed E-state index contributed by atoms with van der Waals surface area (Å²) in [6.07, 6.45) is 7.17. The third kappa shape index (κ3) is 6.25. The second-order valence-corrected chi connectivity index (χ2v) is 14.3. The van der Waals surface area contributed by atoms with Gasteiger partial charge in [-0.1, -0.05) is 41.0 Å². The Hall–Kier alpha value is 0.743. The molecule has 3 aliphatic rings. The van der Waals surface area contributed by atoms with Gasteiger partial charge in [0.2, 0.25) is 0 Å². The van der Waals surface area contributed by atoms with E-state index < -0.39 is 20.8 Å². The molecule has 3 saturated carbocycles. The molecule has 0 amide bonds. The molecule has 9 atom stereocenters. The number of halogens is 2.